The number of rotatable bonds is 50. The fourth-order valence-corrected chi connectivity index (χ4v) is 7.06. The molecule has 0 aromatic carbocycles. The summed E-state index contributed by atoms with van der Waals surface area (Å²) >= 11 is 0. The van der Waals surface area contributed by atoms with E-state index >= 15 is 0 Å². The lowest BCUT2D eigenvalue weighted by Gasteiger charge is -2.18. The lowest BCUT2D eigenvalue weighted by atomic mass is 10.1. The van der Waals surface area contributed by atoms with Crippen LogP contribution >= 0.6 is 0 Å². The molecule has 6 heteroatoms. The zero-order valence-corrected chi connectivity index (χ0v) is 47.5. The summed E-state index contributed by atoms with van der Waals surface area (Å²) in [6, 6.07) is 0. The van der Waals surface area contributed by atoms with Gasteiger partial charge < -0.3 is 14.2 Å². The van der Waals surface area contributed by atoms with E-state index in [4.69, 9.17) is 14.2 Å². The fraction of sp³-hybridized carbons (Fsp3) is 0.522. The Morgan fingerprint density at radius 1 is 0.280 bits per heavy atom. The van der Waals surface area contributed by atoms with Gasteiger partial charge in [-0.05, 0) is 148 Å². The molecule has 416 valence electrons. The number of unbranched alkanes of at least 4 members (excludes halogenated alkanes) is 9. The Morgan fingerprint density at radius 3 is 0.840 bits per heavy atom. The standard InChI is InChI=1S/C69H104O6/c1-4-7-10-13-16-19-22-25-28-31-34-37-40-43-46-49-52-55-58-61-67(70)73-64-66(75-69(72)63-60-57-54-51-48-45-42-39-36-33-30-27-24-21-18-15-12-9-6-3)65-74-68(71)62-59-56-53-50-47-44-41-38-35-32-29-26-23-20-17-14-11-8-5-2/h7,9-10,12,16-21,25-30,34-39,43-48,54,57,66H,4-6,8,11,13-15,22-24,31-33,40-42,49-53,55-56,58-65H2,1-3H3/b10-7-,12-9-,19-16-,20-17-,21-18-,28-25-,29-26-,30-27-,37-34-,38-35-,39-36-,46-43-,47-44-,48-45-,57-54-/t66-/m1/s1. The molecule has 0 heterocycles. The van der Waals surface area contributed by atoms with Crippen LogP contribution in [-0.2, 0) is 28.6 Å². The first-order chi connectivity index (χ1) is 37.0. The van der Waals surface area contributed by atoms with Gasteiger partial charge in [0, 0.05) is 19.3 Å². The molecule has 0 spiro atoms. The van der Waals surface area contributed by atoms with Gasteiger partial charge in [0.05, 0.1) is 0 Å². The minimum absolute atomic E-state index is 0.146. The highest BCUT2D eigenvalue weighted by Gasteiger charge is 2.19. The van der Waals surface area contributed by atoms with E-state index in [1.807, 2.05) is 12.2 Å². The van der Waals surface area contributed by atoms with Crippen molar-refractivity contribution in [2.24, 2.45) is 0 Å². The SMILES string of the molecule is CC/C=C\C/C=C\C/C=C\C/C=C\C/C=C\C/C=C\CCC(=O)O[C@H](COC(=O)CCCCC/C=C\C/C=C\C/C=C\C/C=C\C/C=C\CC)COC(=O)CCCCC/C=C\C/C=C\C/C=C\C/C=C\CCCCC. The lowest BCUT2D eigenvalue weighted by molar-refractivity contribution is -0.166. The average Bonchev–Trinajstić information content (AvgIpc) is 3.41. The van der Waals surface area contributed by atoms with Crippen molar-refractivity contribution in [2.45, 2.75) is 219 Å². The van der Waals surface area contributed by atoms with Gasteiger partial charge in [-0.15, -0.1) is 0 Å². The number of carbonyl (C=O) groups is 3. The van der Waals surface area contributed by atoms with Crippen LogP contribution in [0.15, 0.2) is 182 Å². The highest BCUT2D eigenvalue weighted by molar-refractivity contribution is 5.71. The summed E-state index contributed by atoms with van der Waals surface area (Å²) in [5.41, 5.74) is 0. The van der Waals surface area contributed by atoms with Gasteiger partial charge in [-0.1, -0.05) is 229 Å². The van der Waals surface area contributed by atoms with Gasteiger partial charge >= 0.3 is 17.9 Å². The molecular formula is C69H104O6. The Labute approximate surface area is 459 Å². The topological polar surface area (TPSA) is 78.9 Å². The molecule has 6 nitrogen and oxygen atoms in total. The molecule has 0 unspecified atom stereocenters. The third-order valence-electron chi connectivity index (χ3n) is 11.4. The maximum Gasteiger partial charge on any atom is 0.306 e. The molecule has 0 aliphatic heterocycles. The van der Waals surface area contributed by atoms with Crippen LogP contribution in [0.2, 0.25) is 0 Å². The zero-order chi connectivity index (χ0) is 54.3. The predicted molar refractivity (Wildman–Crippen MR) is 324 cm³/mol. The minimum Gasteiger partial charge on any atom is -0.462 e. The van der Waals surface area contributed by atoms with Gasteiger partial charge in [0.1, 0.15) is 13.2 Å². The second kappa shape index (κ2) is 61.1. The molecule has 0 radical (unpaired) electrons. The van der Waals surface area contributed by atoms with E-state index in [0.29, 0.717) is 6.42 Å². The van der Waals surface area contributed by atoms with Crippen molar-refractivity contribution >= 4 is 17.9 Å². The van der Waals surface area contributed by atoms with Crippen molar-refractivity contribution in [1.29, 1.82) is 0 Å². The Morgan fingerprint density at radius 2 is 0.547 bits per heavy atom. The van der Waals surface area contributed by atoms with Gasteiger partial charge in [-0.3, -0.25) is 14.4 Å². The summed E-state index contributed by atoms with van der Waals surface area (Å²) in [5, 5.41) is 0. The van der Waals surface area contributed by atoms with Crippen LogP contribution in [0.1, 0.15) is 213 Å². The molecule has 0 aliphatic rings. The molecule has 0 aromatic rings. The first-order valence-electron chi connectivity index (χ1n) is 29.3. The Balaban J connectivity index is 4.67. The van der Waals surface area contributed by atoms with Crippen molar-refractivity contribution in [1.82, 2.24) is 0 Å². The van der Waals surface area contributed by atoms with Crippen LogP contribution < -0.4 is 0 Å². The summed E-state index contributed by atoms with van der Waals surface area (Å²) in [6.07, 6.45) is 91.8. The number of carbonyl (C=O) groups excluding carboxylic acids is 3. The van der Waals surface area contributed by atoms with Crippen molar-refractivity contribution in [3.05, 3.63) is 182 Å². The third kappa shape index (κ3) is 59.3. The van der Waals surface area contributed by atoms with E-state index in [1.54, 1.807) is 0 Å². The quantitative estimate of drug-likeness (QED) is 0.0261. The molecule has 0 fully saturated rings. The summed E-state index contributed by atoms with van der Waals surface area (Å²) in [4.78, 5) is 38.2. The third-order valence-corrected chi connectivity index (χ3v) is 11.4. The van der Waals surface area contributed by atoms with Gasteiger partial charge in [-0.2, -0.15) is 0 Å². The second-order valence-electron chi connectivity index (χ2n) is 18.4. The summed E-state index contributed by atoms with van der Waals surface area (Å²) in [5.74, 6) is -1.10. The predicted octanol–water partition coefficient (Wildman–Crippen LogP) is 20.1. The van der Waals surface area contributed by atoms with Gasteiger partial charge in [0.2, 0.25) is 0 Å². The second-order valence-corrected chi connectivity index (χ2v) is 18.4. The number of hydrogen-bond acceptors (Lipinski definition) is 6. The number of ether oxygens (including phenoxy) is 3. The Hall–Kier alpha value is -5.49. The largest absolute Gasteiger partial charge is 0.462 e. The van der Waals surface area contributed by atoms with E-state index < -0.39 is 12.1 Å². The maximum absolute atomic E-state index is 12.8. The van der Waals surface area contributed by atoms with Crippen LogP contribution in [0, 0.1) is 0 Å². The van der Waals surface area contributed by atoms with Crippen LogP contribution in [-0.4, -0.2) is 37.2 Å². The summed E-state index contributed by atoms with van der Waals surface area (Å²) in [6.45, 7) is 6.24. The van der Waals surface area contributed by atoms with Crippen LogP contribution in [0.3, 0.4) is 0 Å². The zero-order valence-electron chi connectivity index (χ0n) is 47.5. The monoisotopic (exact) mass is 1030 g/mol. The van der Waals surface area contributed by atoms with Crippen LogP contribution in [0.25, 0.3) is 0 Å². The first kappa shape index (κ1) is 69.5. The van der Waals surface area contributed by atoms with Gasteiger partial charge in [0.15, 0.2) is 6.10 Å². The molecule has 0 saturated carbocycles. The fourth-order valence-electron chi connectivity index (χ4n) is 7.06. The molecule has 1 atom stereocenters. The molecule has 0 rings (SSSR count). The molecule has 0 bridgehead atoms. The highest BCUT2D eigenvalue weighted by Crippen LogP contribution is 2.10. The van der Waals surface area contributed by atoms with Crippen LogP contribution in [0.5, 0.6) is 0 Å². The van der Waals surface area contributed by atoms with Crippen molar-refractivity contribution in [3.8, 4) is 0 Å². The molecule has 0 N–H and O–H groups in total. The lowest BCUT2D eigenvalue weighted by Crippen LogP contribution is -2.30. The molecule has 0 aromatic heterocycles. The first-order valence-corrected chi connectivity index (χ1v) is 29.3. The van der Waals surface area contributed by atoms with E-state index in [0.717, 1.165) is 141 Å². The Kier molecular flexibility index (Phi) is 56.6. The molecule has 0 saturated heterocycles. The van der Waals surface area contributed by atoms with E-state index in [1.165, 1.54) is 25.7 Å². The normalized spacial score (nSPS) is 13.5. The molecule has 0 aliphatic carbocycles. The van der Waals surface area contributed by atoms with E-state index in [2.05, 4.69) is 191 Å². The van der Waals surface area contributed by atoms with E-state index in [-0.39, 0.29) is 44.4 Å². The average molecular weight is 1030 g/mol. The van der Waals surface area contributed by atoms with E-state index in [9.17, 15) is 14.4 Å². The minimum atomic E-state index is -0.858. The van der Waals surface area contributed by atoms with Crippen molar-refractivity contribution in [2.75, 3.05) is 13.2 Å². The van der Waals surface area contributed by atoms with Gasteiger partial charge in [0.25, 0.3) is 0 Å². The number of hydrogen-bond donors (Lipinski definition) is 0. The smallest absolute Gasteiger partial charge is 0.306 e. The van der Waals surface area contributed by atoms with Crippen molar-refractivity contribution < 1.29 is 28.6 Å². The highest BCUT2D eigenvalue weighted by atomic mass is 16.6. The van der Waals surface area contributed by atoms with Gasteiger partial charge in [-0.25, -0.2) is 0 Å². The molecular weight excluding hydrogens is 925 g/mol. The number of allylic oxidation sites excluding steroid dienone is 30. The molecule has 75 heavy (non-hydrogen) atoms. The molecule has 0 amide bonds. The Bertz CT molecular complexity index is 1800. The maximum atomic E-state index is 12.8. The van der Waals surface area contributed by atoms with Crippen molar-refractivity contribution in [3.63, 3.8) is 0 Å². The number of esters is 3. The summed E-state index contributed by atoms with van der Waals surface area (Å²) < 4.78 is 16.7. The van der Waals surface area contributed by atoms with Crippen LogP contribution in [0.4, 0.5) is 0 Å². The summed E-state index contributed by atoms with van der Waals surface area (Å²) in [7, 11) is 0.